The van der Waals surface area contributed by atoms with Crippen molar-refractivity contribution in [3.05, 3.63) is 27.2 Å². The van der Waals surface area contributed by atoms with Crippen LogP contribution in [0, 0.1) is 0 Å². The Hall–Kier alpha value is -0.980. The van der Waals surface area contributed by atoms with Gasteiger partial charge in [0, 0.05) is 16.8 Å². The molecule has 0 fully saturated rings. The molecule has 2 rings (SSSR count). The number of thiophene rings is 1. The van der Waals surface area contributed by atoms with Crippen molar-refractivity contribution in [3.8, 4) is 0 Å². The minimum Gasteiger partial charge on any atom is -0.305 e. The van der Waals surface area contributed by atoms with Crippen molar-refractivity contribution >= 4 is 22.9 Å². The molecule has 2 aromatic heterocycles. The summed E-state index contributed by atoms with van der Waals surface area (Å²) in [6.07, 6.45) is 0. The van der Waals surface area contributed by atoms with Gasteiger partial charge in [-0.1, -0.05) is 16.8 Å². The number of aromatic nitrogens is 4. The van der Waals surface area contributed by atoms with Gasteiger partial charge in [0.1, 0.15) is 0 Å². The first-order chi connectivity index (χ1) is 6.84. The maximum absolute atomic E-state index is 5.78. The molecule has 74 valence electrons. The molecule has 7 heteroatoms. The van der Waals surface area contributed by atoms with E-state index in [0.29, 0.717) is 12.4 Å². The maximum Gasteiger partial charge on any atom is 0.188 e. The van der Waals surface area contributed by atoms with Crippen molar-refractivity contribution in [1.29, 1.82) is 0 Å². The SMILES string of the molecule is Clc1csc(CNCc2nn[nH]n2)c1. The Bertz CT molecular complexity index is 384. The number of nitrogens with zero attached hydrogens (tertiary/aromatic N) is 3. The molecule has 0 amide bonds. The van der Waals surface area contributed by atoms with Crippen LogP contribution in [0.4, 0.5) is 0 Å². The van der Waals surface area contributed by atoms with Crippen LogP contribution in [0.25, 0.3) is 0 Å². The van der Waals surface area contributed by atoms with Gasteiger partial charge in [0.2, 0.25) is 0 Å². The third kappa shape index (κ3) is 2.50. The standard InChI is InChI=1S/C7H8ClN5S/c8-5-1-6(14-4-5)2-9-3-7-10-12-13-11-7/h1,4,9H,2-3H2,(H,10,11,12,13). The van der Waals surface area contributed by atoms with E-state index in [4.69, 9.17) is 11.6 Å². The van der Waals surface area contributed by atoms with Crippen LogP contribution in [0.5, 0.6) is 0 Å². The van der Waals surface area contributed by atoms with Crippen molar-refractivity contribution < 1.29 is 0 Å². The Morgan fingerprint density at radius 2 is 2.43 bits per heavy atom. The molecule has 2 aromatic rings. The van der Waals surface area contributed by atoms with Gasteiger partial charge in [-0.2, -0.15) is 5.21 Å². The predicted molar refractivity (Wildman–Crippen MR) is 54.1 cm³/mol. The molecule has 0 aliphatic carbocycles. The molecule has 0 saturated heterocycles. The summed E-state index contributed by atoms with van der Waals surface area (Å²) in [5.74, 6) is 0.660. The Kier molecular flexibility index (Phi) is 3.07. The Morgan fingerprint density at radius 1 is 1.50 bits per heavy atom. The van der Waals surface area contributed by atoms with Crippen LogP contribution in [0.15, 0.2) is 11.4 Å². The number of rotatable bonds is 4. The highest BCUT2D eigenvalue weighted by molar-refractivity contribution is 7.10. The largest absolute Gasteiger partial charge is 0.305 e. The molecule has 0 aliphatic heterocycles. The van der Waals surface area contributed by atoms with Crippen molar-refractivity contribution in [2.75, 3.05) is 0 Å². The zero-order chi connectivity index (χ0) is 9.80. The summed E-state index contributed by atoms with van der Waals surface area (Å²) in [7, 11) is 0. The lowest BCUT2D eigenvalue weighted by atomic mass is 10.4. The fourth-order valence-electron chi connectivity index (χ4n) is 1.00. The van der Waals surface area contributed by atoms with E-state index in [1.165, 1.54) is 4.88 Å². The molecule has 14 heavy (non-hydrogen) atoms. The first-order valence-corrected chi connectivity index (χ1v) is 5.26. The van der Waals surface area contributed by atoms with Gasteiger partial charge in [0.25, 0.3) is 0 Å². The molecule has 0 atom stereocenters. The fraction of sp³-hybridized carbons (Fsp3) is 0.286. The summed E-state index contributed by atoms with van der Waals surface area (Å²) >= 11 is 7.41. The fourth-order valence-corrected chi connectivity index (χ4v) is 2.04. The number of nitrogens with one attached hydrogen (secondary N) is 2. The monoisotopic (exact) mass is 229 g/mol. The zero-order valence-corrected chi connectivity index (χ0v) is 8.77. The second-order valence-corrected chi connectivity index (χ2v) is 4.10. The summed E-state index contributed by atoms with van der Waals surface area (Å²) in [6, 6.07) is 1.94. The number of hydrogen-bond acceptors (Lipinski definition) is 5. The van der Waals surface area contributed by atoms with Crippen molar-refractivity contribution in [3.63, 3.8) is 0 Å². The molecule has 5 nitrogen and oxygen atoms in total. The van der Waals surface area contributed by atoms with Crippen molar-refractivity contribution in [2.24, 2.45) is 0 Å². The number of halogens is 1. The van der Waals surface area contributed by atoms with Gasteiger partial charge >= 0.3 is 0 Å². The third-order valence-corrected chi connectivity index (χ3v) is 2.88. The topological polar surface area (TPSA) is 66.5 Å². The molecule has 0 aliphatic rings. The highest BCUT2D eigenvalue weighted by atomic mass is 35.5. The molecule has 0 saturated carbocycles. The zero-order valence-electron chi connectivity index (χ0n) is 7.20. The normalized spacial score (nSPS) is 10.6. The van der Waals surface area contributed by atoms with Gasteiger partial charge in [0.05, 0.1) is 11.6 Å². The van der Waals surface area contributed by atoms with Gasteiger partial charge in [-0.15, -0.1) is 21.5 Å². The average Bonchev–Trinajstić information content (AvgIpc) is 2.77. The molecule has 0 aromatic carbocycles. The number of H-pyrrole nitrogens is 1. The number of tetrazole rings is 1. The van der Waals surface area contributed by atoms with Crippen molar-refractivity contribution in [1.82, 2.24) is 25.9 Å². The Labute approximate surface area is 89.5 Å². The Morgan fingerprint density at radius 3 is 3.07 bits per heavy atom. The number of aromatic amines is 1. The minimum atomic E-state index is 0.603. The smallest absolute Gasteiger partial charge is 0.188 e. The Balaban J connectivity index is 1.78. The van der Waals surface area contributed by atoms with E-state index in [2.05, 4.69) is 25.9 Å². The molecule has 2 N–H and O–H groups in total. The van der Waals surface area contributed by atoms with Crippen LogP contribution in [0.3, 0.4) is 0 Å². The van der Waals surface area contributed by atoms with Gasteiger partial charge in [0.15, 0.2) is 5.82 Å². The van der Waals surface area contributed by atoms with Crippen LogP contribution in [0.2, 0.25) is 5.02 Å². The lowest BCUT2D eigenvalue weighted by molar-refractivity contribution is 0.669. The van der Waals surface area contributed by atoms with E-state index in [1.54, 1.807) is 11.3 Å². The highest BCUT2D eigenvalue weighted by Gasteiger charge is 1.99. The van der Waals surface area contributed by atoms with E-state index in [9.17, 15) is 0 Å². The molecule has 0 unspecified atom stereocenters. The lowest BCUT2D eigenvalue weighted by Crippen LogP contribution is -2.12. The number of hydrogen-bond donors (Lipinski definition) is 2. The van der Waals surface area contributed by atoms with E-state index in [0.717, 1.165) is 11.6 Å². The molecular weight excluding hydrogens is 222 g/mol. The molecule has 0 bridgehead atoms. The minimum absolute atomic E-state index is 0.603. The van der Waals surface area contributed by atoms with Crippen LogP contribution in [0.1, 0.15) is 10.7 Å². The van der Waals surface area contributed by atoms with Crippen LogP contribution >= 0.6 is 22.9 Å². The van der Waals surface area contributed by atoms with Crippen LogP contribution in [-0.2, 0) is 13.1 Å². The molecule has 2 heterocycles. The summed E-state index contributed by atoms with van der Waals surface area (Å²) < 4.78 is 0. The average molecular weight is 230 g/mol. The van der Waals surface area contributed by atoms with Gasteiger partial charge in [-0.3, -0.25) is 0 Å². The molecule has 0 radical (unpaired) electrons. The van der Waals surface area contributed by atoms with E-state index in [1.807, 2.05) is 11.4 Å². The van der Waals surface area contributed by atoms with E-state index in [-0.39, 0.29) is 0 Å². The third-order valence-electron chi connectivity index (χ3n) is 1.59. The molecular formula is C7H8ClN5S. The van der Waals surface area contributed by atoms with Crippen molar-refractivity contribution in [2.45, 2.75) is 13.1 Å². The second kappa shape index (κ2) is 4.50. The van der Waals surface area contributed by atoms with E-state index < -0.39 is 0 Å². The summed E-state index contributed by atoms with van der Waals surface area (Å²) in [5.41, 5.74) is 0. The van der Waals surface area contributed by atoms with Gasteiger partial charge < -0.3 is 5.32 Å². The van der Waals surface area contributed by atoms with E-state index >= 15 is 0 Å². The maximum atomic E-state index is 5.78. The predicted octanol–water partition coefficient (Wildman–Crippen LogP) is 1.20. The van der Waals surface area contributed by atoms with Gasteiger partial charge in [-0.25, -0.2) is 0 Å². The first-order valence-electron chi connectivity index (χ1n) is 4.00. The van der Waals surface area contributed by atoms with Crippen LogP contribution in [-0.4, -0.2) is 20.6 Å². The van der Waals surface area contributed by atoms with Gasteiger partial charge in [-0.05, 0) is 6.07 Å². The highest BCUT2D eigenvalue weighted by Crippen LogP contribution is 2.18. The second-order valence-electron chi connectivity index (χ2n) is 2.66. The summed E-state index contributed by atoms with van der Waals surface area (Å²) in [6.45, 7) is 1.37. The molecule has 0 spiro atoms. The summed E-state index contributed by atoms with van der Waals surface area (Å²) in [5, 5.41) is 19.4. The first kappa shape index (κ1) is 9.57. The van der Waals surface area contributed by atoms with Crippen LogP contribution < -0.4 is 5.32 Å². The lowest BCUT2D eigenvalue weighted by Gasteiger charge is -1.97. The summed E-state index contributed by atoms with van der Waals surface area (Å²) in [4.78, 5) is 1.19. The quantitative estimate of drug-likeness (QED) is 0.827.